The minimum absolute atomic E-state index is 0.121. The van der Waals surface area contributed by atoms with Crippen LogP contribution in [0.4, 0.5) is 0 Å². The number of carbonyl (C=O) groups is 3. The van der Waals surface area contributed by atoms with Gasteiger partial charge in [0.25, 0.3) is 0 Å². The monoisotopic (exact) mass is 373 g/mol. The zero-order valence-corrected chi connectivity index (χ0v) is 16.3. The molecule has 0 aliphatic rings. The Morgan fingerprint density at radius 1 is 0.500 bits per heavy atom. The van der Waals surface area contributed by atoms with Gasteiger partial charge >= 0.3 is 0 Å². The van der Waals surface area contributed by atoms with Crippen LogP contribution >= 0.6 is 0 Å². The summed E-state index contributed by atoms with van der Waals surface area (Å²) in [6.07, 6.45) is 0. The largest absolute Gasteiger partial charge is 0.312 e. The maximum Gasteiger partial charge on any atom is 0.233 e. The highest BCUT2D eigenvalue weighted by Gasteiger charge is 2.18. The van der Waals surface area contributed by atoms with Crippen LogP contribution in [-0.2, 0) is 0 Å². The summed E-state index contributed by atoms with van der Waals surface area (Å²) in [6.45, 7) is 0. The van der Waals surface area contributed by atoms with E-state index in [-0.39, 0.29) is 11.3 Å². The van der Waals surface area contributed by atoms with E-state index < -0.39 is 11.6 Å². The molecule has 0 bridgehead atoms. The van der Waals surface area contributed by atoms with E-state index in [9.17, 15) is 14.4 Å². The molecule has 0 atom stereocenters. The summed E-state index contributed by atoms with van der Waals surface area (Å²) in [7, 11) is 6.00. The molecule has 0 saturated carbocycles. The van der Waals surface area contributed by atoms with Crippen LogP contribution in [0.3, 0.4) is 0 Å². The van der Waals surface area contributed by atoms with E-state index in [4.69, 9.17) is 0 Å². The van der Waals surface area contributed by atoms with Gasteiger partial charge in [-0.25, -0.2) is 0 Å². The normalized spacial score (nSPS) is 10.0. The van der Waals surface area contributed by atoms with E-state index in [2.05, 4.69) is 0 Å². The molecule has 3 aromatic carbocycles. The van der Waals surface area contributed by atoms with Crippen molar-refractivity contribution in [3.8, 4) is 0 Å². The molecule has 0 heterocycles. The molecule has 0 fully saturated rings. The smallest absolute Gasteiger partial charge is 0.233 e. The van der Waals surface area contributed by atoms with E-state index in [0.29, 0.717) is 16.7 Å². The van der Waals surface area contributed by atoms with Gasteiger partial charge in [-0.1, -0.05) is 84.9 Å². The molecule has 0 unspecified atom stereocenters. The minimum atomic E-state index is -0.583. The summed E-state index contributed by atoms with van der Waals surface area (Å²) in [4.78, 5) is 38.8. The van der Waals surface area contributed by atoms with Crippen LogP contribution in [-0.4, -0.2) is 43.4 Å². The summed E-state index contributed by atoms with van der Waals surface area (Å²) in [5, 5.41) is 0. The van der Waals surface area contributed by atoms with Gasteiger partial charge in [0, 0.05) is 22.3 Å². The third-order valence-corrected chi connectivity index (χ3v) is 3.69. The summed E-state index contributed by atoms with van der Waals surface area (Å²) >= 11 is 0. The summed E-state index contributed by atoms with van der Waals surface area (Å²) in [5.74, 6) is -1.26. The fourth-order valence-electron chi connectivity index (χ4n) is 2.38. The second-order valence-electron chi connectivity index (χ2n) is 6.64. The van der Waals surface area contributed by atoms with Crippen molar-refractivity contribution in [1.29, 1.82) is 0 Å². The van der Waals surface area contributed by atoms with Gasteiger partial charge in [-0.2, -0.15) is 0 Å². The van der Waals surface area contributed by atoms with Gasteiger partial charge in [0.1, 0.15) is 0 Å². The molecule has 0 spiro atoms. The second-order valence-corrected chi connectivity index (χ2v) is 6.64. The summed E-state index contributed by atoms with van der Waals surface area (Å²) in [6, 6.07) is 23.5. The Morgan fingerprint density at radius 2 is 0.786 bits per heavy atom. The number of hydrogen-bond donors (Lipinski definition) is 0. The highest BCUT2D eigenvalue weighted by atomic mass is 16.2. The van der Waals surface area contributed by atoms with E-state index in [1.165, 1.54) is 12.1 Å². The van der Waals surface area contributed by atoms with Gasteiger partial charge in [0.2, 0.25) is 11.6 Å². The van der Waals surface area contributed by atoms with Crippen LogP contribution in [0.2, 0.25) is 0 Å². The lowest BCUT2D eigenvalue weighted by Gasteiger charge is -2.04. The lowest BCUT2D eigenvalue weighted by Crippen LogP contribution is -2.14. The van der Waals surface area contributed by atoms with Gasteiger partial charge in [0.05, 0.1) is 0 Å². The zero-order chi connectivity index (χ0) is 20.5. The van der Waals surface area contributed by atoms with Crippen molar-refractivity contribution >= 4 is 17.3 Å². The summed E-state index contributed by atoms with van der Waals surface area (Å²) in [5.41, 5.74) is 1.68. The molecule has 0 aromatic heterocycles. The van der Waals surface area contributed by atoms with Crippen molar-refractivity contribution in [2.75, 3.05) is 21.1 Å². The number of carbonyl (C=O) groups excluding carboxylic acids is 3. The molecule has 0 aliphatic heterocycles. The molecule has 4 nitrogen and oxygen atoms in total. The van der Waals surface area contributed by atoms with Crippen LogP contribution in [0.1, 0.15) is 36.6 Å². The first-order valence-electron chi connectivity index (χ1n) is 8.85. The van der Waals surface area contributed by atoms with Crippen LogP contribution in [0.5, 0.6) is 0 Å². The molecule has 0 amide bonds. The van der Waals surface area contributed by atoms with Gasteiger partial charge in [-0.05, 0) is 21.1 Å². The fourth-order valence-corrected chi connectivity index (χ4v) is 2.38. The van der Waals surface area contributed by atoms with Crippen molar-refractivity contribution in [2.24, 2.45) is 0 Å². The molecule has 4 heteroatoms. The van der Waals surface area contributed by atoms with E-state index in [1.807, 2.05) is 32.1 Å². The molecule has 142 valence electrons. The van der Waals surface area contributed by atoms with Crippen molar-refractivity contribution in [1.82, 2.24) is 4.90 Å². The lowest BCUT2D eigenvalue weighted by molar-refractivity contribution is 0.0817. The molecule has 0 saturated heterocycles. The van der Waals surface area contributed by atoms with E-state index in [0.717, 1.165) is 0 Å². The molecule has 3 aromatic rings. The van der Waals surface area contributed by atoms with Gasteiger partial charge in [-0.15, -0.1) is 0 Å². The number of Topliss-reactive ketones (excluding diaryl/α,β-unsaturated/α-hetero) is 2. The maximum absolute atomic E-state index is 12.3. The topological polar surface area (TPSA) is 54.5 Å². The second kappa shape index (κ2) is 10.1. The Kier molecular flexibility index (Phi) is 7.55. The average Bonchev–Trinajstić information content (AvgIpc) is 2.73. The fraction of sp³-hybridized carbons (Fsp3) is 0.125. The lowest BCUT2D eigenvalue weighted by atomic mass is 9.98. The molecular weight excluding hydrogens is 350 g/mol. The third-order valence-electron chi connectivity index (χ3n) is 3.69. The highest BCUT2D eigenvalue weighted by Crippen LogP contribution is 2.13. The van der Waals surface area contributed by atoms with Crippen molar-refractivity contribution in [3.05, 3.63) is 107 Å². The van der Waals surface area contributed by atoms with E-state index in [1.54, 1.807) is 66.7 Å². The Bertz CT molecular complexity index is 928. The predicted molar refractivity (Wildman–Crippen MR) is 111 cm³/mol. The number of nitrogens with zero attached hydrogens (tertiary/aromatic N) is 1. The molecular formula is C24H23NO3. The predicted octanol–water partition coefficient (Wildman–Crippen LogP) is 4.16. The molecule has 28 heavy (non-hydrogen) atoms. The van der Waals surface area contributed by atoms with Crippen molar-refractivity contribution in [3.63, 3.8) is 0 Å². The maximum atomic E-state index is 12.3. The standard InChI is InChI=1S/C21H14O3.C3H9N/c22-19(15-7-3-1-4-8-15)17-11-13-18(14-12-17)21(24)20(23)16-9-5-2-6-10-16;1-4(2)3/h1-14H;1-3H3. The molecule has 3 rings (SSSR count). The number of ketones is 3. The van der Waals surface area contributed by atoms with Crippen molar-refractivity contribution < 1.29 is 14.4 Å². The Morgan fingerprint density at radius 3 is 1.21 bits per heavy atom. The highest BCUT2D eigenvalue weighted by molar-refractivity contribution is 6.49. The number of rotatable bonds is 5. The Balaban J connectivity index is 0.000000640. The third kappa shape index (κ3) is 5.83. The first-order valence-corrected chi connectivity index (χ1v) is 8.85. The Labute approximate surface area is 165 Å². The van der Waals surface area contributed by atoms with Crippen molar-refractivity contribution in [2.45, 2.75) is 0 Å². The first-order chi connectivity index (χ1) is 13.4. The van der Waals surface area contributed by atoms with Crippen LogP contribution < -0.4 is 0 Å². The molecule has 0 aliphatic carbocycles. The van der Waals surface area contributed by atoms with Gasteiger partial charge in [0.15, 0.2) is 5.78 Å². The van der Waals surface area contributed by atoms with E-state index >= 15 is 0 Å². The quantitative estimate of drug-likeness (QED) is 0.498. The van der Waals surface area contributed by atoms with Crippen LogP contribution in [0.25, 0.3) is 0 Å². The van der Waals surface area contributed by atoms with Gasteiger partial charge < -0.3 is 4.90 Å². The van der Waals surface area contributed by atoms with Gasteiger partial charge in [-0.3, -0.25) is 14.4 Å². The minimum Gasteiger partial charge on any atom is -0.312 e. The first kappa shape index (κ1) is 20.9. The van der Waals surface area contributed by atoms with Crippen LogP contribution in [0, 0.1) is 0 Å². The number of benzene rings is 3. The van der Waals surface area contributed by atoms with Crippen LogP contribution in [0.15, 0.2) is 84.9 Å². The SMILES string of the molecule is CN(C)C.O=C(C(=O)c1ccc(C(=O)c2ccccc2)cc1)c1ccccc1. The molecule has 0 N–H and O–H groups in total. The number of hydrogen-bond acceptors (Lipinski definition) is 4. The molecule has 0 radical (unpaired) electrons. The summed E-state index contributed by atoms with van der Waals surface area (Å²) < 4.78 is 0. The zero-order valence-electron chi connectivity index (χ0n) is 16.3. The average molecular weight is 373 g/mol. The Hall–Kier alpha value is -3.37.